The molecule has 0 saturated heterocycles. The van der Waals surface area contributed by atoms with E-state index in [-0.39, 0.29) is 11.5 Å². The Bertz CT molecular complexity index is 656. The van der Waals surface area contributed by atoms with Gasteiger partial charge in [-0.2, -0.15) is 0 Å². The SMILES string of the molecule is Cc1cc(F)ccc1CNc1cc([N+](=O)[O-])ccc1C. The molecule has 2 aromatic carbocycles. The van der Waals surface area contributed by atoms with Crippen molar-refractivity contribution < 1.29 is 9.31 Å². The van der Waals surface area contributed by atoms with Gasteiger partial charge in [-0.15, -0.1) is 0 Å². The molecule has 0 aliphatic heterocycles. The lowest BCUT2D eigenvalue weighted by Crippen LogP contribution is -2.03. The fourth-order valence-electron chi connectivity index (χ4n) is 1.96. The van der Waals surface area contributed by atoms with Crippen LogP contribution < -0.4 is 5.32 Å². The molecule has 104 valence electrons. The second-order valence-corrected chi connectivity index (χ2v) is 4.68. The third kappa shape index (κ3) is 3.12. The van der Waals surface area contributed by atoms with Gasteiger partial charge in [0.15, 0.2) is 0 Å². The summed E-state index contributed by atoms with van der Waals surface area (Å²) in [7, 11) is 0. The molecule has 0 fully saturated rings. The number of nitrogens with one attached hydrogen (secondary N) is 1. The molecule has 0 bridgehead atoms. The van der Waals surface area contributed by atoms with Crippen LogP contribution >= 0.6 is 0 Å². The molecule has 0 unspecified atom stereocenters. The predicted molar refractivity (Wildman–Crippen MR) is 76.3 cm³/mol. The van der Waals surface area contributed by atoms with Gasteiger partial charge in [-0.25, -0.2) is 4.39 Å². The monoisotopic (exact) mass is 274 g/mol. The number of nitro benzene ring substituents is 1. The van der Waals surface area contributed by atoms with Gasteiger partial charge in [-0.05, 0) is 42.7 Å². The van der Waals surface area contributed by atoms with Gasteiger partial charge in [0.05, 0.1) is 4.92 Å². The number of anilines is 1. The van der Waals surface area contributed by atoms with Gasteiger partial charge in [0.2, 0.25) is 0 Å². The lowest BCUT2D eigenvalue weighted by molar-refractivity contribution is -0.384. The van der Waals surface area contributed by atoms with Crippen LogP contribution in [0.5, 0.6) is 0 Å². The van der Waals surface area contributed by atoms with Crippen LogP contribution in [0.3, 0.4) is 0 Å². The lowest BCUT2D eigenvalue weighted by atomic mass is 10.1. The van der Waals surface area contributed by atoms with Crippen LogP contribution in [0.15, 0.2) is 36.4 Å². The van der Waals surface area contributed by atoms with Crippen molar-refractivity contribution in [1.29, 1.82) is 0 Å². The molecular weight excluding hydrogens is 259 g/mol. The fraction of sp³-hybridized carbons (Fsp3) is 0.200. The highest BCUT2D eigenvalue weighted by Crippen LogP contribution is 2.23. The van der Waals surface area contributed by atoms with Gasteiger partial charge in [0.1, 0.15) is 5.82 Å². The summed E-state index contributed by atoms with van der Waals surface area (Å²) in [6.07, 6.45) is 0. The molecule has 4 nitrogen and oxygen atoms in total. The van der Waals surface area contributed by atoms with Crippen molar-refractivity contribution in [3.05, 3.63) is 69.0 Å². The summed E-state index contributed by atoms with van der Waals surface area (Å²) in [4.78, 5) is 10.3. The molecule has 20 heavy (non-hydrogen) atoms. The minimum Gasteiger partial charge on any atom is -0.381 e. The minimum absolute atomic E-state index is 0.0499. The summed E-state index contributed by atoms with van der Waals surface area (Å²) in [6.45, 7) is 4.21. The van der Waals surface area contributed by atoms with Crippen LogP contribution in [0, 0.1) is 29.8 Å². The first kappa shape index (κ1) is 14.0. The zero-order chi connectivity index (χ0) is 14.7. The molecular formula is C15H15FN2O2. The smallest absolute Gasteiger partial charge is 0.271 e. The van der Waals surface area contributed by atoms with Crippen molar-refractivity contribution in [2.45, 2.75) is 20.4 Å². The van der Waals surface area contributed by atoms with E-state index in [2.05, 4.69) is 5.32 Å². The molecule has 5 heteroatoms. The number of hydrogen-bond acceptors (Lipinski definition) is 3. The largest absolute Gasteiger partial charge is 0.381 e. The van der Waals surface area contributed by atoms with Crippen LogP contribution in [0.1, 0.15) is 16.7 Å². The Labute approximate surface area is 116 Å². The van der Waals surface area contributed by atoms with Gasteiger partial charge in [0.25, 0.3) is 5.69 Å². The Balaban J connectivity index is 2.18. The van der Waals surface area contributed by atoms with E-state index in [9.17, 15) is 14.5 Å². The molecule has 1 N–H and O–H groups in total. The van der Waals surface area contributed by atoms with E-state index in [1.54, 1.807) is 12.1 Å². The fourth-order valence-corrected chi connectivity index (χ4v) is 1.96. The Hall–Kier alpha value is -2.43. The Morgan fingerprint density at radius 2 is 1.90 bits per heavy atom. The molecule has 0 radical (unpaired) electrons. The van der Waals surface area contributed by atoms with Crippen molar-refractivity contribution in [3.8, 4) is 0 Å². The van der Waals surface area contributed by atoms with E-state index in [4.69, 9.17) is 0 Å². The summed E-state index contributed by atoms with van der Waals surface area (Å²) in [5, 5.41) is 13.9. The number of halogens is 1. The van der Waals surface area contributed by atoms with Crippen molar-refractivity contribution >= 4 is 11.4 Å². The summed E-state index contributed by atoms with van der Waals surface area (Å²) in [5.74, 6) is -0.266. The topological polar surface area (TPSA) is 55.2 Å². The maximum atomic E-state index is 13.0. The number of rotatable bonds is 4. The quantitative estimate of drug-likeness (QED) is 0.678. The van der Waals surface area contributed by atoms with Gasteiger partial charge >= 0.3 is 0 Å². The highest BCUT2D eigenvalue weighted by molar-refractivity contribution is 5.57. The molecule has 0 aliphatic rings. The number of aryl methyl sites for hydroxylation is 2. The van der Waals surface area contributed by atoms with E-state index in [0.29, 0.717) is 12.2 Å². The first-order valence-corrected chi connectivity index (χ1v) is 6.21. The molecule has 0 aliphatic carbocycles. The number of nitro groups is 1. The van der Waals surface area contributed by atoms with Gasteiger partial charge in [0, 0.05) is 24.4 Å². The lowest BCUT2D eigenvalue weighted by Gasteiger charge is -2.11. The molecule has 0 aromatic heterocycles. The van der Waals surface area contributed by atoms with Crippen molar-refractivity contribution in [2.24, 2.45) is 0 Å². The van der Waals surface area contributed by atoms with Crippen LogP contribution in [0.25, 0.3) is 0 Å². The molecule has 2 aromatic rings. The van der Waals surface area contributed by atoms with E-state index in [0.717, 1.165) is 16.7 Å². The zero-order valence-corrected chi connectivity index (χ0v) is 11.3. The highest BCUT2D eigenvalue weighted by atomic mass is 19.1. The standard InChI is InChI=1S/C15H15FN2O2/c1-10-3-6-14(18(19)20)8-15(10)17-9-12-4-5-13(16)7-11(12)2/h3-8,17H,9H2,1-2H3. The summed E-state index contributed by atoms with van der Waals surface area (Å²) < 4.78 is 13.0. The molecule has 2 rings (SSSR count). The minimum atomic E-state index is -0.423. The van der Waals surface area contributed by atoms with Gasteiger partial charge in [-0.1, -0.05) is 12.1 Å². The number of benzene rings is 2. The predicted octanol–water partition coefficient (Wildman–Crippen LogP) is 3.96. The average molecular weight is 274 g/mol. The second kappa shape index (κ2) is 5.69. The van der Waals surface area contributed by atoms with Gasteiger partial charge < -0.3 is 5.32 Å². The molecule has 0 spiro atoms. The second-order valence-electron chi connectivity index (χ2n) is 4.68. The molecule has 0 amide bonds. The number of nitrogens with zero attached hydrogens (tertiary/aromatic N) is 1. The Morgan fingerprint density at radius 3 is 2.55 bits per heavy atom. The zero-order valence-electron chi connectivity index (χ0n) is 11.3. The molecule has 0 atom stereocenters. The average Bonchev–Trinajstić information content (AvgIpc) is 2.39. The summed E-state index contributed by atoms with van der Waals surface area (Å²) in [5.41, 5.74) is 3.49. The van der Waals surface area contributed by atoms with Crippen LogP contribution in [-0.2, 0) is 6.54 Å². The first-order chi connectivity index (χ1) is 9.47. The third-order valence-corrected chi connectivity index (χ3v) is 3.21. The number of hydrogen-bond donors (Lipinski definition) is 1. The Morgan fingerprint density at radius 1 is 1.15 bits per heavy atom. The summed E-state index contributed by atoms with van der Waals surface area (Å²) >= 11 is 0. The highest BCUT2D eigenvalue weighted by Gasteiger charge is 2.09. The van der Waals surface area contributed by atoms with Crippen LogP contribution in [0.4, 0.5) is 15.8 Å². The third-order valence-electron chi connectivity index (χ3n) is 3.21. The van der Waals surface area contributed by atoms with E-state index < -0.39 is 4.92 Å². The van der Waals surface area contributed by atoms with E-state index >= 15 is 0 Å². The van der Waals surface area contributed by atoms with Crippen LogP contribution in [0.2, 0.25) is 0 Å². The number of non-ortho nitro benzene ring substituents is 1. The van der Waals surface area contributed by atoms with Gasteiger partial charge in [-0.3, -0.25) is 10.1 Å². The van der Waals surface area contributed by atoms with Crippen molar-refractivity contribution in [1.82, 2.24) is 0 Å². The van der Waals surface area contributed by atoms with Crippen molar-refractivity contribution in [3.63, 3.8) is 0 Å². The normalized spacial score (nSPS) is 10.3. The first-order valence-electron chi connectivity index (χ1n) is 6.21. The maximum absolute atomic E-state index is 13.0. The maximum Gasteiger partial charge on any atom is 0.271 e. The summed E-state index contributed by atoms with van der Waals surface area (Å²) in [6, 6.07) is 9.28. The van der Waals surface area contributed by atoms with Crippen LogP contribution in [-0.4, -0.2) is 4.92 Å². The van der Waals surface area contributed by atoms with Crippen molar-refractivity contribution in [2.75, 3.05) is 5.32 Å². The molecule has 0 heterocycles. The Kier molecular flexibility index (Phi) is 3.98. The molecule has 0 saturated carbocycles. The van der Waals surface area contributed by atoms with E-state index in [1.807, 2.05) is 13.8 Å². The van der Waals surface area contributed by atoms with E-state index in [1.165, 1.54) is 24.3 Å².